The largest absolute Gasteiger partial charge is 0.277 e. The van der Waals surface area contributed by atoms with E-state index in [0.29, 0.717) is 5.17 Å². The standard InChI is InChI=1S/C32H21N3O3S/c36-30-32(23-10-3-1-4-11-23,24-12-5-2-6-13-24)33-31-34(30)29(22-15-18-25(19-16-22)35(37)38)28-26-14-8-7-9-21(26)17-20-27(28)39-31/h1-20,29H. The molecular formula is C32H21N3O3S. The van der Waals surface area contributed by atoms with Gasteiger partial charge in [0.05, 0.1) is 11.0 Å². The Kier molecular flexibility index (Phi) is 5.35. The van der Waals surface area contributed by atoms with Crippen molar-refractivity contribution in [3.8, 4) is 0 Å². The third-order valence-electron chi connectivity index (χ3n) is 7.46. The Morgan fingerprint density at radius 3 is 2.03 bits per heavy atom. The van der Waals surface area contributed by atoms with E-state index in [1.807, 2.05) is 72.8 Å². The van der Waals surface area contributed by atoms with Crippen LogP contribution in [0.1, 0.15) is 28.3 Å². The summed E-state index contributed by atoms with van der Waals surface area (Å²) in [4.78, 5) is 33.9. The number of aliphatic imine (C=N–C) groups is 1. The molecule has 0 aliphatic carbocycles. The van der Waals surface area contributed by atoms with Crippen molar-refractivity contribution in [2.24, 2.45) is 4.99 Å². The highest BCUT2D eigenvalue weighted by atomic mass is 32.2. The van der Waals surface area contributed by atoms with Crippen LogP contribution in [0.4, 0.5) is 5.69 Å². The van der Waals surface area contributed by atoms with E-state index in [0.717, 1.165) is 37.9 Å². The van der Waals surface area contributed by atoms with Crippen LogP contribution in [0.5, 0.6) is 0 Å². The molecule has 6 nitrogen and oxygen atoms in total. The number of nitro benzene ring substituents is 1. The van der Waals surface area contributed by atoms with Gasteiger partial charge < -0.3 is 0 Å². The minimum absolute atomic E-state index is 0.00614. The van der Waals surface area contributed by atoms with E-state index in [2.05, 4.69) is 24.3 Å². The molecule has 39 heavy (non-hydrogen) atoms. The van der Waals surface area contributed by atoms with Crippen LogP contribution in [0.15, 0.2) is 131 Å². The number of benzene rings is 5. The topological polar surface area (TPSA) is 75.8 Å². The van der Waals surface area contributed by atoms with E-state index in [1.54, 1.807) is 17.0 Å². The Hall–Kier alpha value is -4.75. The highest BCUT2D eigenvalue weighted by Crippen LogP contribution is 2.53. The molecule has 1 amide bonds. The van der Waals surface area contributed by atoms with Crippen molar-refractivity contribution in [3.05, 3.63) is 154 Å². The van der Waals surface area contributed by atoms with Crippen molar-refractivity contribution in [1.82, 2.24) is 4.90 Å². The Labute approximate surface area is 228 Å². The van der Waals surface area contributed by atoms with Crippen LogP contribution < -0.4 is 0 Å². The second kappa shape index (κ2) is 8.92. The number of thioether (sulfide) groups is 1. The minimum atomic E-state index is -1.25. The molecule has 1 atom stereocenters. The van der Waals surface area contributed by atoms with Gasteiger partial charge in [0.15, 0.2) is 10.7 Å². The van der Waals surface area contributed by atoms with Gasteiger partial charge >= 0.3 is 0 Å². The summed E-state index contributed by atoms with van der Waals surface area (Å²) >= 11 is 1.49. The van der Waals surface area contributed by atoms with E-state index < -0.39 is 16.5 Å². The van der Waals surface area contributed by atoms with Gasteiger partial charge in [-0.15, -0.1) is 0 Å². The van der Waals surface area contributed by atoms with Crippen LogP contribution in [0.3, 0.4) is 0 Å². The zero-order valence-corrected chi connectivity index (χ0v) is 21.4. The SMILES string of the molecule is O=C1N2C(=NC1(c1ccccc1)c1ccccc1)Sc1ccc3ccccc3c1C2c1ccc([N+](=O)[O-])cc1. The molecule has 2 aliphatic rings. The first-order valence-corrected chi connectivity index (χ1v) is 13.4. The van der Waals surface area contributed by atoms with Crippen LogP contribution in [-0.2, 0) is 10.3 Å². The fourth-order valence-electron chi connectivity index (χ4n) is 5.68. The molecule has 0 saturated heterocycles. The molecule has 0 bridgehead atoms. The zero-order chi connectivity index (χ0) is 26.6. The van der Waals surface area contributed by atoms with Gasteiger partial charge in [0.1, 0.15) is 0 Å². The van der Waals surface area contributed by atoms with E-state index in [-0.39, 0.29) is 11.6 Å². The number of carbonyl (C=O) groups is 1. The molecule has 7 heteroatoms. The molecule has 0 aromatic heterocycles. The molecule has 5 aromatic rings. The van der Waals surface area contributed by atoms with E-state index in [9.17, 15) is 14.9 Å². The van der Waals surface area contributed by atoms with Gasteiger partial charge in [-0.1, -0.05) is 103 Å². The number of amidine groups is 1. The third kappa shape index (κ3) is 3.51. The monoisotopic (exact) mass is 527 g/mol. The molecule has 7 rings (SSSR count). The number of amides is 1. The second-order valence-corrected chi connectivity index (χ2v) is 10.6. The van der Waals surface area contributed by atoms with Crippen LogP contribution in [-0.4, -0.2) is 20.9 Å². The minimum Gasteiger partial charge on any atom is -0.277 e. The highest BCUT2D eigenvalue weighted by Gasteiger charge is 2.55. The van der Waals surface area contributed by atoms with E-state index >= 15 is 0 Å². The lowest BCUT2D eigenvalue weighted by atomic mass is 9.82. The predicted molar refractivity (Wildman–Crippen MR) is 153 cm³/mol. The number of hydrogen-bond donors (Lipinski definition) is 0. The quantitative estimate of drug-likeness (QED) is 0.185. The van der Waals surface area contributed by atoms with Crippen LogP contribution in [0, 0.1) is 10.1 Å². The first-order chi connectivity index (χ1) is 19.1. The molecule has 0 fully saturated rings. The Bertz CT molecular complexity index is 1750. The number of rotatable bonds is 4. The maximum Gasteiger partial charge on any atom is 0.269 e. The van der Waals surface area contributed by atoms with Crippen LogP contribution in [0.25, 0.3) is 10.8 Å². The number of hydrogen-bond acceptors (Lipinski definition) is 5. The van der Waals surface area contributed by atoms with Crippen molar-refractivity contribution < 1.29 is 9.72 Å². The van der Waals surface area contributed by atoms with Crippen molar-refractivity contribution in [2.45, 2.75) is 16.5 Å². The smallest absolute Gasteiger partial charge is 0.269 e. The molecule has 2 heterocycles. The molecule has 1 unspecified atom stereocenters. The fraction of sp³-hybridized carbons (Fsp3) is 0.0625. The summed E-state index contributed by atoms with van der Waals surface area (Å²) in [6.45, 7) is 0. The molecule has 2 aliphatic heterocycles. The normalized spacial score (nSPS) is 17.4. The summed E-state index contributed by atoms with van der Waals surface area (Å²) in [5.41, 5.74) is 2.13. The van der Waals surface area contributed by atoms with Gasteiger partial charge in [0.2, 0.25) is 0 Å². The first kappa shape index (κ1) is 23.4. The third-order valence-corrected chi connectivity index (χ3v) is 8.51. The van der Waals surface area contributed by atoms with E-state index in [1.165, 1.54) is 23.9 Å². The summed E-state index contributed by atoms with van der Waals surface area (Å²) in [6, 6.07) is 37.6. The lowest BCUT2D eigenvalue weighted by molar-refractivity contribution is -0.384. The summed E-state index contributed by atoms with van der Waals surface area (Å²) in [7, 11) is 0. The summed E-state index contributed by atoms with van der Waals surface area (Å²) in [5.74, 6) is -0.149. The molecule has 0 N–H and O–H groups in total. The van der Waals surface area contributed by atoms with Gasteiger partial charge in [-0.3, -0.25) is 19.8 Å². The number of non-ortho nitro benzene ring substituents is 1. The van der Waals surface area contributed by atoms with Crippen molar-refractivity contribution in [1.29, 1.82) is 0 Å². The van der Waals surface area contributed by atoms with Crippen LogP contribution >= 0.6 is 11.8 Å². The number of nitro groups is 1. The highest BCUT2D eigenvalue weighted by molar-refractivity contribution is 8.14. The average Bonchev–Trinajstić information content (AvgIpc) is 3.29. The molecule has 0 radical (unpaired) electrons. The van der Waals surface area contributed by atoms with Gasteiger partial charge in [0, 0.05) is 22.6 Å². The summed E-state index contributed by atoms with van der Waals surface area (Å²) in [5, 5.41) is 14.1. The molecule has 5 aromatic carbocycles. The lowest BCUT2D eigenvalue weighted by Gasteiger charge is -2.37. The Morgan fingerprint density at radius 1 is 0.769 bits per heavy atom. The maximum absolute atomic E-state index is 14.9. The second-order valence-electron chi connectivity index (χ2n) is 9.56. The van der Waals surface area contributed by atoms with Gasteiger partial charge in [-0.2, -0.15) is 0 Å². The molecular weight excluding hydrogens is 506 g/mol. The Balaban J connectivity index is 1.50. The molecule has 0 saturated carbocycles. The van der Waals surface area contributed by atoms with Gasteiger partial charge in [-0.05, 0) is 45.7 Å². The molecule has 188 valence electrons. The predicted octanol–water partition coefficient (Wildman–Crippen LogP) is 7.09. The number of fused-ring (bicyclic) bond motifs is 4. The molecule has 0 spiro atoms. The van der Waals surface area contributed by atoms with Gasteiger partial charge in [-0.25, -0.2) is 4.99 Å². The summed E-state index contributed by atoms with van der Waals surface area (Å²) < 4.78 is 0. The van der Waals surface area contributed by atoms with E-state index in [4.69, 9.17) is 4.99 Å². The average molecular weight is 528 g/mol. The van der Waals surface area contributed by atoms with Crippen LogP contribution in [0.2, 0.25) is 0 Å². The van der Waals surface area contributed by atoms with Crippen molar-refractivity contribution >= 4 is 39.3 Å². The number of nitrogens with zero attached hydrogens (tertiary/aromatic N) is 3. The Morgan fingerprint density at radius 2 is 1.38 bits per heavy atom. The number of carbonyl (C=O) groups excluding carboxylic acids is 1. The zero-order valence-electron chi connectivity index (χ0n) is 20.6. The fourth-order valence-corrected chi connectivity index (χ4v) is 6.81. The van der Waals surface area contributed by atoms with Crippen molar-refractivity contribution in [3.63, 3.8) is 0 Å². The van der Waals surface area contributed by atoms with Gasteiger partial charge in [0.25, 0.3) is 11.6 Å². The summed E-state index contributed by atoms with van der Waals surface area (Å²) in [6.07, 6.45) is 0. The van der Waals surface area contributed by atoms with Crippen molar-refractivity contribution in [2.75, 3.05) is 0 Å². The maximum atomic E-state index is 14.9. The lowest BCUT2D eigenvalue weighted by Crippen LogP contribution is -2.44. The first-order valence-electron chi connectivity index (χ1n) is 12.6.